The van der Waals surface area contributed by atoms with Crippen molar-refractivity contribution in [3.63, 3.8) is 0 Å². The summed E-state index contributed by atoms with van der Waals surface area (Å²) in [5.41, 5.74) is 6.51. The van der Waals surface area contributed by atoms with E-state index in [2.05, 4.69) is 21.2 Å². The molecule has 0 aliphatic heterocycles. The van der Waals surface area contributed by atoms with Crippen LogP contribution in [0.5, 0.6) is 0 Å². The van der Waals surface area contributed by atoms with E-state index in [1.54, 1.807) is 36.4 Å². The third-order valence-corrected chi connectivity index (χ3v) is 2.88. The molecular weight excluding hydrogens is 326 g/mol. The van der Waals surface area contributed by atoms with Gasteiger partial charge in [0, 0.05) is 18.7 Å². The SMILES string of the molecule is CC(=O)N(C(=O)Nc1ccc(Br)o1)c1cccc(N)c1. The Kier molecular flexibility index (Phi) is 4.09. The number of anilines is 3. The van der Waals surface area contributed by atoms with E-state index >= 15 is 0 Å². The van der Waals surface area contributed by atoms with Gasteiger partial charge in [0.15, 0.2) is 4.67 Å². The quantitative estimate of drug-likeness (QED) is 0.823. The maximum absolute atomic E-state index is 12.2. The van der Waals surface area contributed by atoms with Crippen molar-refractivity contribution in [1.82, 2.24) is 0 Å². The summed E-state index contributed by atoms with van der Waals surface area (Å²) in [5.74, 6) is -0.198. The number of nitrogens with two attached hydrogens (primary N) is 1. The average molecular weight is 338 g/mol. The third-order valence-electron chi connectivity index (χ3n) is 2.45. The second kappa shape index (κ2) is 5.79. The van der Waals surface area contributed by atoms with E-state index in [-0.39, 0.29) is 5.88 Å². The Labute approximate surface area is 123 Å². The first-order valence-corrected chi connectivity index (χ1v) is 6.49. The van der Waals surface area contributed by atoms with Crippen LogP contribution in [0.25, 0.3) is 0 Å². The third kappa shape index (κ3) is 3.18. The molecule has 0 fully saturated rings. The molecule has 0 bridgehead atoms. The monoisotopic (exact) mass is 337 g/mol. The van der Waals surface area contributed by atoms with Crippen molar-refractivity contribution >= 4 is 45.1 Å². The lowest BCUT2D eigenvalue weighted by molar-refractivity contribution is -0.115. The number of hydrogen-bond donors (Lipinski definition) is 2. The number of furan rings is 1. The molecule has 6 nitrogen and oxygen atoms in total. The lowest BCUT2D eigenvalue weighted by atomic mass is 10.2. The first-order valence-electron chi connectivity index (χ1n) is 5.70. The second-order valence-electron chi connectivity index (χ2n) is 3.98. The zero-order chi connectivity index (χ0) is 14.7. The minimum Gasteiger partial charge on any atom is -0.434 e. The van der Waals surface area contributed by atoms with E-state index in [4.69, 9.17) is 10.2 Å². The van der Waals surface area contributed by atoms with Crippen molar-refractivity contribution in [2.24, 2.45) is 0 Å². The largest absolute Gasteiger partial charge is 0.434 e. The molecule has 0 unspecified atom stereocenters. The fourth-order valence-corrected chi connectivity index (χ4v) is 1.96. The number of carbonyl (C=O) groups excluding carboxylic acids is 2. The molecule has 104 valence electrons. The Bertz CT molecular complexity index is 654. The lowest BCUT2D eigenvalue weighted by Crippen LogP contribution is -2.38. The minimum absolute atomic E-state index is 0.233. The van der Waals surface area contributed by atoms with Gasteiger partial charge in [0.2, 0.25) is 11.8 Å². The zero-order valence-electron chi connectivity index (χ0n) is 10.6. The highest BCUT2D eigenvalue weighted by Gasteiger charge is 2.21. The van der Waals surface area contributed by atoms with Crippen molar-refractivity contribution in [3.8, 4) is 0 Å². The molecule has 0 aliphatic carbocycles. The Morgan fingerprint density at radius 2 is 2.05 bits per heavy atom. The molecule has 1 aromatic heterocycles. The van der Waals surface area contributed by atoms with Crippen molar-refractivity contribution in [3.05, 3.63) is 41.1 Å². The van der Waals surface area contributed by atoms with E-state index in [1.165, 1.54) is 6.92 Å². The molecule has 7 heteroatoms. The molecule has 1 heterocycles. The van der Waals surface area contributed by atoms with Crippen LogP contribution >= 0.6 is 15.9 Å². The van der Waals surface area contributed by atoms with Gasteiger partial charge < -0.3 is 10.2 Å². The van der Waals surface area contributed by atoms with Gasteiger partial charge in [-0.05, 0) is 40.2 Å². The normalized spacial score (nSPS) is 10.1. The summed E-state index contributed by atoms with van der Waals surface area (Å²) in [6.45, 7) is 1.29. The minimum atomic E-state index is -0.620. The van der Waals surface area contributed by atoms with Crippen molar-refractivity contribution in [2.45, 2.75) is 6.92 Å². The molecule has 0 atom stereocenters. The van der Waals surface area contributed by atoms with Crippen LogP contribution in [0.2, 0.25) is 0 Å². The van der Waals surface area contributed by atoms with Crippen LogP contribution in [0.3, 0.4) is 0 Å². The number of benzene rings is 1. The molecule has 20 heavy (non-hydrogen) atoms. The Hall–Kier alpha value is -2.28. The summed E-state index contributed by atoms with van der Waals surface area (Å²) in [4.78, 5) is 24.8. The molecule has 0 aliphatic rings. The van der Waals surface area contributed by atoms with Gasteiger partial charge in [0.1, 0.15) is 0 Å². The van der Waals surface area contributed by atoms with E-state index in [9.17, 15) is 9.59 Å². The number of imide groups is 1. The molecule has 2 rings (SSSR count). The van der Waals surface area contributed by atoms with Gasteiger partial charge in [-0.25, -0.2) is 9.69 Å². The van der Waals surface area contributed by atoms with Gasteiger partial charge in [0.25, 0.3) is 0 Å². The maximum atomic E-state index is 12.2. The van der Waals surface area contributed by atoms with Gasteiger partial charge >= 0.3 is 6.03 Å². The van der Waals surface area contributed by atoms with Crippen LogP contribution in [-0.2, 0) is 4.79 Å². The fourth-order valence-electron chi connectivity index (χ4n) is 1.65. The zero-order valence-corrected chi connectivity index (χ0v) is 12.2. The number of urea groups is 1. The van der Waals surface area contributed by atoms with Crippen molar-refractivity contribution in [1.29, 1.82) is 0 Å². The number of nitrogens with zero attached hydrogens (tertiary/aromatic N) is 1. The summed E-state index contributed by atoms with van der Waals surface area (Å²) in [6, 6.07) is 9.08. The van der Waals surface area contributed by atoms with E-state index < -0.39 is 11.9 Å². The van der Waals surface area contributed by atoms with Crippen LogP contribution in [0.15, 0.2) is 45.5 Å². The van der Waals surface area contributed by atoms with Crippen LogP contribution in [-0.4, -0.2) is 11.9 Å². The van der Waals surface area contributed by atoms with Crippen LogP contribution in [0.4, 0.5) is 22.1 Å². The maximum Gasteiger partial charge on any atom is 0.335 e. The van der Waals surface area contributed by atoms with E-state index in [1.807, 2.05) is 0 Å². The second-order valence-corrected chi connectivity index (χ2v) is 4.76. The van der Waals surface area contributed by atoms with Crippen molar-refractivity contribution in [2.75, 3.05) is 16.0 Å². The smallest absolute Gasteiger partial charge is 0.335 e. The van der Waals surface area contributed by atoms with Gasteiger partial charge in [-0.1, -0.05) is 6.07 Å². The molecule has 1 aromatic carbocycles. The Morgan fingerprint density at radius 1 is 1.30 bits per heavy atom. The summed E-state index contributed by atoms with van der Waals surface area (Å²) < 4.78 is 5.64. The summed E-state index contributed by atoms with van der Waals surface area (Å²) >= 11 is 3.13. The molecular formula is C13H12BrN3O3. The summed E-state index contributed by atoms with van der Waals surface area (Å²) in [7, 11) is 0. The predicted octanol–water partition coefficient (Wildman–Crippen LogP) is 3.21. The van der Waals surface area contributed by atoms with Crippen LogP contribution in [0.1, 0.15) is 6.92 Å². The molecule has 0 saturated carbocycles. The lowest BCUT2D eigenvalue weighted by Gasteiger charge is -2.19. The van der Waals surface area contributed by atoms with Gasteiger partial charge in [-0.3, -0.25) is 10.1 Å². The summed E-state index contributed by atoms with van der Waals surface area (Å²) in [6.07, 6.45) is 0. The van der Waals surface area contributed by atoms with Crippen LogP contribution in [0, 0.1) is 0 Å². The van der Waals surface area contributed by atoms with Gasteiger partial charge in [0.05, 0.1) is 5.69 Å². The number of halogens is 1. The predicted molar refractivity (Wildman–Crippen MR) is 79.4 cm³/mol. The molecule has 0 radical (unpaired) electrons. The molecule has 3 amide bonds. The number of carbonyl (C=O) groups is 2. The molecule has 0 spiro atoms. The fraction of sp³-hybridized carbons (Fsp3) is 0.0769. The number of hydrogen-bond acceptors (Lipinski definition) is 4. The van der Waals surface area contributed by atoms with E-state index in [0.717, 1.165) is 4.90 Å². The topological polar surface area (TPSA) is 88.6 Å². The molecule has 3 N–H and O–H groups in total. The van der Waals surface area contributed by atoms with Gasteiger partial charge in [-0.2, -0.15) is 0 Å². The Balaban J connectivity index is 2.24. The summed E-state index contributed by atoms with van der Waals surface area (Å²) in [5, 5.41) is 2.49. The highest BCUT2D eigenvalue weighted by atomic mass is 79.9. The number of nitrogens with one attached hydrogen (secondary N) is 1. The first-order chi connectivity index (χ1) is 9.47. The van der Waals surface area contributed by atoms with Gasteiger partial charge in [-0.15, -0.1) is 0 Å². The molecule has 0 saturated heterocycles. The number of rotatable bonds is 2. The standard InChI is InChI=1S/C13H12BrN3O3/c1-8(18)17(10-4-2-3-9(15)7-10)13(19)16-12-6-5-11(14)20-12/h2-7H,15H2,1H3,(H,16,19). The highest BCUT2D eigenvalue weighted by molar-refractivity contribution is 9.10. The number of nitrogen functional groups attached to an aromatic ring is 1. The van der Waals surface area contributed by atoms with Crippen molar-refractivity contribution < 1.29 is 14.0 Å². The van der Waals surface area contributed by atoms with E-state index in [0.29, 0.717) is 16.0 Å². The number of amides is 3. The highest BCUT2D eigenvalue weighted by Crippen LogP contribution is 2.21. The Morgan fingerprint density at radius 3 is 2.60 bits per heavy atom. The first kappa shape index (κ1) is 14.1. The van der Waals surface area contributed by atoms with Crippen LogP contribution < -0.4 is 16.0 Å². The average Bonchev–Trinajstić information content (AvgIpc) is 2.74. The molecule has 2 aromatic rings.